The molecular formula is C9H12OS. The average Bonchev–Trinajstić information content (AvgIpc) is 2.37. The third-order valence-corrected chi connectivity index (χ3v) is 2.24. The summed E-state index contributed by atoms with van der Waals surface area (Å²) in [7, 11) is 0. The molecule has 0 unspecified atom stereocenters. The summed E-state index contributed by atoms with van der Waals surface area (Å²) in [6.07, 6.45) is 4.77. The number of aliphatic hydroxyl groups is 1. The highest BCUT2D eigenvalue weighted by Crippen LogP contribution is 2.14. The van der Waals surface area contributed by atoms with Crippen LogP contribution in [-0.4, -0.2) is 11.7 Å². The molecule has 0 aliphatic rings. The molecule has 0 amide bonds. The fourth-order valence-corrected chi connectivity index (χ4v) is 1.52. The van der Waals surface area contributed by atoms with Crippen LogP contribution < -0.4 is 0 Å². The van der Waals surface area contributed by atoms with Crippen LogP contribution in [0.4, 0.5) is 0 Å². The SMILES string of the molecule is Cc1cc(C=CCCO)cs1. The Morgan fingerprint density at radius 2 is 2.45 bits per heavy atom. The van der Waals surface area contributed by atoms with Gasteiger partial charge in [0.1, 0.15) is 0 Å². The van der Waals surface area contributed by atoms with Crippen molar-refractivity contribution >= 4 is 17.4 Å². The molecular weight excluding hydrogens is 156 g/mol. The highest BCUT2D eigenvalue weighted by atomic mass is 32.1. The topological polar surface area (TPSA) is 20.2 Å². The summed E-state index contributed by atoms with van der Waals surface area (Å²) >= 11 is 1.75. The minimum atomic E-state index is 0.236. The monoisotopic (exact) mass is 168 g/mol. The van der Waals surface area contributed by atoms with Crippen molar-refractivity contribution in [3.05, 3.63) is 28.0 Å². The summed E-state index contributed by atoms with van der Waals surface area (Å²) in [5.74, 6) is 0. The summed E-state index contributed by atoms with van der Waals surface area (Å²) in [5, 5.41) is 10.6. The van der Waals surface area contributed by atoms with Gasteiger partial charge in [-0.25, -0.2) is 0 Å². The zero-order valence-corrected chi connectivity index (χ0v) is 7.40. The van der Waals surface area contributed by atoms with Gasteiger partial charge in [0.2, 0.25) is 0 Å². The zero-order chi connectivity index (χ0) is 8.10. The van der Waals surface area contributed by atoms with E-state index in [0.29, 0.717) is 0 Å². The van der Waals surface area contributed by atoms with E-state index in [0.717, 1.165) is 6.42 Å². The number of hydrogen-bond donors (Lipinski definition) is 1. The highest BCUT2D eigenvalue weighted by molar-refractivity contribution is 7.10. The second-order valence-corrected chi connectivity index (χ2v) is 3.52. The molecule has 0 fully saturated rings. The Balaban J connectivity index is 2.50. The largest absolute Gasteiger partial charge is 0.396 e. The molecule has 1 aromatic heterocycles. The molecule has 1 aromatic rings. The summed E-state index contributed by atoms with van der Waals surface area (Å²) < 4.78 is 0. The van der Waals surface area contributed by atoms with E-state index in [-0.39, 0.29) is 6.61 Å². The molecule has 1 nitrogen and oxygen atoms in total. The van der Waals surface area contributed by atoms with Crippen molar-refractivity contribution in [1.29, 1.82) is 0 Å². The van der Waals surface area contributed by atoms with Gasteiger partial charge in [0.25, 0.3) is 0 Å². The molecule has 1 N–H and O–H groups in total. The third kappa shape index (κ3) is 2.87. The molecule has 0 bridgehead atoms. The van der Waals surface area contributed by atoms with E-state index in [1.54, 1.807) is 11.3 Å². The van der Waals surface area contributed by atoms with Crippen LogP contribution in [0.3, 0.4) is 0 Å². The van der Waals surface area contributed by atoms with Crippen LogP contribution in [0, 0.1) is 6.92 Å². The second-order valence-electron chi connectivity index (χ2n) is 2.41. The van der Waals surface area contributed by atoms with Crippen molar-refractivity contribution in [2.45, 2.75) is 13.3 Å². The fourth-order valence-electron chi connectivity index (χ4n) is 0.845. The van der Waals surface area contributed by atoms with E-state index in [1.165, 1.54) is 10.4 Å². The number of aryl methyl sites for hydroxylation is 1. The molecule has 0 saturated heterocycles. The van der Waals surface area contributed by atoms with Gasteiger partial charge in [0.05, 0.1) is 0 Å². The van der Waals surface area contributed by atoms with Crippen molar-refractivity contribution in [3.8, 4) is 0 Å². The van der Waals surface area contributed by atoms with Crippen molar-refractivity contribution in [2.75, 3.05) is 6.61 Å². The molecule has 0 aliphatic heterocycles. The van der Waals surface area contributed by atoms with Crippen LogP contribution in [0.25, 0.3) is 6.08 Å². The molecule has 0 radical (unpaired) electrons. The molecule has 0 aromatic carbocycles. The van der Waals surface area contributed by atoms with Crippen molar-refractivity contribution in [3.63, 3.8) is 0 Å². The summed E-state index contributed by atoms with van der Waals surface area (Å²) in [6.45, 7) is 2.33. The van der Waals surface area contributed by atoms with Crippen LogP contribution >= 0.6 is 11.3 Å². The Kier molecular flexibility index (Phi) is 3.33. The first-order valence-electron chi connectivity index (χ1n) is 3.65. The van der Waals surface area contributed by atoms with Crippen molar-refractivity contribution in [2.24, 2.45) is 0 Å². The molecule has 11 heavy (non-hydrogen) atoms. The molecule has 0 atom stereocenters. The number of aliphatic hydroxyl groups excluding tert-OH is 1. The van der Waals surface area contributed by atoms with Crippen LogP contribution in [0.5, 0.6) is 0 Å². The van der Waals surface area contributed by atoms with Gasteiger partial charge in [0, 0.05) is 11.5 Å². The number of thiophene rings is 1. The fraction of sp³-hybridized carbons (Fsp3) is 0.333. The maximum Gasteiger partial charge on any atom is 0.0465 e. The molecule has 1 heterocycles. The van der Waals surface area contributed by atoms with Gasteiger partial charge in [-0.2, -0.15) is 0 Å². The van der Waals surface area contributed by atoms with E-state index in [4.69, 9.17) is 5.11 Å². The van der Waals surface area contributed by atoms with E-state index >= 15 is 0 Å². The van der Waals surface area contributed by atoms with Gasteiger partial charge in [-0.05, 0) is 30.4 Å². The van der Waals surface area contributed by atoms with Crippen LogP contribution in [-0.2, 0) is 0 Å². The first-order chi connectivity index (χ1) is 5.33. The number of rotatable bonds is 3. The first kappa shape index (κ1) is 8.50. The van der Waals surface area contributed by atoms with Crippen molar-refractivity contribution in [1.82, 2.24) is 0 Å². The maximum absolute atomic E-state index is 8.50. The minimum absolute atomic E-state index is 0.236. The molecule has 60 valence electrons. The normalized spacial score (nSPS) is 11.1. The predicted octanol–water partition coefficient (Wildman–Crippen LogP) is 2.45. The van der Waals surface area contributed by atoms with E-state index in [1.807, 2.05) is 12.2 Å². The molecule has 0 saturated carbocycles. The van der Waals surface area contributed by atoms with Gasteiger partial charge >= 0.3 is 0 Å². The van der Waals surface area contributed by atoms with Crippen molar-refractivity contribution < 1.29 is 5.11 Å². The molecule has 0 aliphatic carbocycles. The predicted molar refractivity (Wildman–Crippen MR) is 49.8 cm³/mol. The van der Waals surface area contributed by atoms with E-state index in [2.05, 4.69) is 18.4 Å². The van der Waals surface area contributed by atoms with Gasteiger partial charge in [-0.15, -0.1) is 11.3 Å². The van der Waals surface area contributed by atoms with Crippen LogP contribution in [0.1, 0.15) is 16.9 Å². The Hall–Kier alpha value is -0.600. The summed E-state index contributed by atoms with van der Waals surface area (Å²) in [6, 6.07) is 2.14. The average molecular weight is 168 g/mol. The Labute approximate surface area is 71.0 Å². The second kappa shape index (κ2) is 4.31. The first-order valence-corrected chi connectivity index (χ1v) is 4.53. The smallest absolute Gasteiger partial charge is 0.0465 e. The molecule has 1 rings (SSSR count). The van der Waals surface area contributed by atoms with Gasteiger partial charge < -0.3 is 5.11 Å². The van der Waals surface area contributed by atoms with E-state index < -0.39 is 0 Å². The van der Waals surface area contributed by atoms with Crippen LogP contribution in [0.15, 0.2) is 17.5 Å². The number of hydrogen-bond acceptors (Lipinski definition) is 2. The Morgan fingerprint density at radius 3 is 3.00 bits per heavy atom. The zero-order valence-electron chi connectivity index (χ0n) is 6.58. The van der Waals surface area contributed by atoms with Gasteiger partial charge in [-0.3, -0.25) is 0 Å². The lowest BCUT2D eigenvalue weighted by Crippen LogP contribution is -1.74. The maximum atomic E-state index is 8.50. The minimum Gasteiger partial charge on any atom is -0.396 e. The van der Waals surface area contributed by atoms with E-state index in [9.17, 15) is 0 Å². The lowest BCUT2D eigenvalue weighted by Gasteiger charge is -1.83. The molecule has 0 spiro atoms. The van der Waals surface area contributed by atoms with Gasteiger partial charge in [-0.1, -0.05) is 12.2 Å². The Bertz CT molecular complexity index is 237. The molecule has 2 heteroatoms. The summed E-state index contributed by atoms with van der Waals surface area (Å²) in [5.41, 5.74) is 1.24. The Morgan fingerprint density at radius 1 is 1.64 bits per heavy atom. The highest BCUT2D eigenvalue weighted by Gasteiger charge is 1.89. The lowest BCUT2D eigenvalue weighted by atomic mass is 10.2. The van der Waals surface area contributed by atoms with Gasteiger partial charge in [0.15, 0.2) is 0 Å². The quantitative estimate of drug-likeness (QED) is 0.735. The van der Waals surface area contributed by atoms with Crippen LogP contribution in [0.2, 0.25) is 0 Å². The lowest BCUT2D eigenvalue weighted by molar-refractivity contribution is 0.303. The third-order valence-electron chi connectivity index (χ3n) is 1.36. The standard InChI is InChI=1S/C9H12OS/c1-8-6-9(7-11-8)4-2-3-5-10/h2,4,6-7,10H,3,5H2,1H3. The summed E-state index contributed by atoms with van der Waals surface area (Å²) in [4.78, 5) is 1.33.